The summed E-state index contributed by atoms with van der Waals surface area (Å²) in [6.45, 7) is 0.544. The summed E-state index contributed by atoms with van der Waals surface area (Å²) in [6, 6.07) is 14.9. The van der Waals surface area contributed by atoms with Crippen molar-refractivity contribution in [2.24, 2.45) is 0 Å². The van der Waals surface area contributed by atoms with Crippen molar-refractivity contribution in [3.05, 3.63) is 99.9 Å². The Morgan fingerprint density at radius 1 is 0.906 bits per heavy atom. The van der Waals surface area contributed by atoms with Gasteiger partial charge in [-0.05, 0) is 48.0 Å². The first kappa shape index (κ1) is 21.5. The number of hydrogen-bond donors (Lipinski definition) is 2. The van der Waals surface area contributed by atoms with Gasteiger partial charge in [-0.25, -0.2) is 9.67 Å². The van der Waals surface area contributed by atoms with Crippen LogP contribution in [0.25, 0.3) is 0 Å². The molecule has 0 aliphatic carbocycles. The number of carbonyl (C=O) groups excluding carboxylic acids is 2. The third-order valence-corrected chi connectivity index (χ3v) is 4.93. The van der Waals surface area contributed by atoms with Gasteiger partial charge in [-0.1, -0.05) is 40.5 Å². The summed E-state index contributed by atoms with van der Waals surface area (Å²) in [7, 11) is 0. The Kier molecular flexibility index (Phi) is 6.44. The summed E-state index contributed by atoms with van der Waals surface area (Å²) in [5, 5.41) is 13.9. The molecule has 2 N–H and O–H groups in total. The van der Waals surface area contributed by atoms with E-state index in [1.165, 1.54) is 12.3 Å². The zero-order valence-corrected chi connectivity index (χ0v) is 18.0. The van der Waals surface area contributed by atoms with Crippen LogP contribution in [-0.2, 0) is 6.54 Å². The largest absolute Gasteiger partial charge is 0.321 e. The lowest BCUT2D eigenvalue weighted by atomic mass is 10.1. The SMILES string of the molecule is O=C(Nc1ccc(Cl)cc1C(=O)Nc1ccc(Cl)cn1)c1ccc(Cn2ccnn2)cc1. The molecule has 0 spiro atoms. The number of hydrogen-bond acceptors (Lipinski definition) is 5. The van der Waals surface area contributed by atoms with Gasteiger partial charge in [0.15, 0.2) is 0 Å². The topological polar surface area (TPSA) is 102 Å². The Hall–Kier alpha value is -3.75. The maximum atomic E-state index is 12.8. The van der Waals surface area contributed by atoms with Crippen LogP contribution < -0.4 is 10.6 Å². The summed E-state index contributed by atoms with van der Waals surface area (Å²) in [5.74, 6) is -0.515. The third kappa shape index (κ3) is 5.29. The summed E-state index contributed by atoms with van der Waals surface area (Å²) in [5.41, 5.74) is 1.92. The zero-order valence-electron chi connectivity index (χ0n) is 16.5. The fourth-order valence-electron chi connectivity index (χ4n) is 2.91. The third-order valence-electron chi connectivity index (χ3n) is 4.48. The van der Waals surface area contributed by atoms with Crippen molar-refractivity contribution in [2.45, 2.75) is 6.54 Å². The highest BCUT2D eigenvalue weighted by molar-refractivity contribution is 6.31. The van der Waals surface area contributed by atoms with E-state index >= 15 is 0 Å². The van der Waals surface area contributed by atoms with E-state index in [1.807, 2.05) is 12.1 Å². The average molecular weight is 467 g/mol. The molecule has 0 bridgehead atoms. The number of benzene rings is 2. The standard InChI is InChI=1S/C22H16Cl2N6O2/c23-16-5-7-19(18(11-16)22(32)28-20-8-6-17(24)12-25-20)27-21(31)15-3-1-14(2-4-15)13-30-10-9-26-29-30/h1-12H,13H2,(H,27,31)(H,25,28,32). The lowest BCUT2D eigenvalue weighted by Gasteiger charge is -2.12. The van der Waals surface area contributed by atoms with E-state index < -0.39 is 5.91 Å². The molecular weight excluding hydrogens is 451 g/mol. The van der Waals surface area contributed by atoms with Crippen LogP contribution in [0.1, 0.15) is 26.3 Å². The molecule has 0 aliphatic heterocycles. The maximum Gasteiger partial charge on any atom is 0.258 e. The molecule has 0 aliphatic rings. The predicted octanol–water partition coefficient (Wildman–Crippen LogP) is 4.53. The minimum Gasteiger partial charge on any atom is -0.321 e. The maximum absolute atomic E-state index is 12.8. The van der Waals surface area contributed by atoms with Gasteiger partial charge in [-0.3, -0.25) is 9.59 Å². The first-order valence-electron chi connectivity index (χ1n) is 9.45. The molecule has 0 fully saturated rings. The average Bonchev–Trinajstić information content (AvgIpc) is 3.30. The van der Waals surface area contributed by atoms with Gasteiger partial charge in [0, 0.05) is 23.0 Å². The molecule has 4 aromatic rings. The van der Waals surface area contributed by atoms with Crippen molar-refractivity contribution < 1.29 is 9.59 Å². The molecule has 0 atom stereocenters. The van der Waals surface area contributed by atoms with Gasteiger partial charge in [0.25, 0.3) is 11.8 Å². The molecule has 160 valence electrons. The van der Waals surface area contributed by atoms with Crippen LogP contribution in [0.2, 0.25) is 10.0 Å². The molecule has 10 heteroatoms. The summed E-state index contributed by atoms with van der Waals surface area (Å²) >= 11 is 11.9. The molecule has 0 unspecified atom stereocenters. The number of aromatic nitrogens is 4. The lowest BCUT2D eigenvalue weighted by Crippen LogP contribution is -2.18. The van der Waals surface area contributed by atoms with Crippen LogP contribution in [0.5, 0.6) is 0 Å². The van der Waals surface area contributed by atoms with Crippen LogP contribution in [0.15, 0.2) is 73.2 Å². The number of amides is 2. The predicted molar refractivity (Wildman–Crippen MR) is 122 cm³/mol. The molecule has 2 heterocycles. The Morgan fingerprint density at radius 3 is 2.38 bits per heavy atom. The van der Waals surface area contributed by atoms with Gasteiger partial charge in [0.1, 0.15) is 5.82 Å². The van der Waals surface area contributed by atoms with Crippen LogP contribution in [-0.4, -0.2) is 31.8 Å². The summed E-state index contributed by atoms with van der Waals surface area (Å²) in [4.78, 5) is 29.6. The van der Waals surface area contributed by atoms with Crippen molar-refractivity contribution in [1.29, 1.82) is 0 Å². The van der Waals surface area contributed by atoms with E-state index in [2.05, 4.69) is 25.9 Å². The Balaban J connectivity index is 1.49. The Labute approximate surface area is 193 Å². The minimum absolute atomic E-state index is 0.199. The second-order valence-corrected chi connectivity index (χ2v) is 7.63. The molecule has 0 radical (unpaired) electrons. The van der Waals surface area contributed by atoms with Crippen molar-refractivity contribution in [2.75, 3.05) is 10.6 Å². The Bertz CT molecular complexity index is 1240. The highest BCUT2D eigenvalue weighted by Gasteiger charge is 2.16. The van der Waals surface area contributed by atoms with Gasteiger partial charge in [-0.15, -0.1) is 5.10 Å². The quantitative estimate of drug-likeness (QED) is 0.434. The number of nitrogens with one attached hydrogen (secondary N) is 2. The van der Waals surface area contributed by atoms with Gasteiger partial charge < -0.3 is 10.6 Å². The highest BCUT2D eigenvalue weighted by Crippen LogP contribution is 2.23. The molecule has 8 nitrogen and oxygen atoms in total. The summed E-state index contributed by atoms with van der Waals surface area (Å²) in [6.07, 6.45) is 4.78. The second kappa shape index (κ2) is 9.59. The van der Waals surface area contributed by atoms with Crippen LogP contribution in [0, 0.1) is 0 Å². The molecule has 0 saturated heterocycles. The first-order chi connectivity index (χ1) is 15.5. The number of halogens is 2. The van der Waals surface area contributed by atoms with Crippen molar-refractivity contribution in [3.8, 4) is 0 Å². The van der Waals surface area contributed by atoms with E-state index in [0.29, 0.717) is 33.7 Å². The molecule has 32 heavy (non-hydrogen) atoms. The number of nitrogens with zero attached hydrogens (tertiary/aromatic N) is 4. The fraction of sp³-hybridized carbons (Fsp3) is 0.0455. The van der Waals surface area contributed by atoms with Crippen LogP contribution >= 0.6 is 23.2 Å². The van der Waals surface area contributed by atoms with Crippen LogP contribution in [0.4, 0.5) is 11.5 Å². The molecule has 2 amide bonds. The number of rotatable bonds is 6. The first-order valence-corrected chi connectivity index (χ1v) is 10.2. The van der Waals surface area contributed by atoms with Gasteiger partial charge >= 0.3 is 0 Å². The van der Waals surface area contributed by atoms with Crippen molar-refractivity contribution in [1.82, 2.24) is 20.0 Å². The molecule has 2 aromatic heterocycles. The molecule has 0 saturated carbocycles. The normalized spacial score (nSPS) is 10.6. The van der Waals surface area contributed by atoms with Crippen LogP contribution in [0.3, 0.4) is 0 Å². The van der Waals surface area contributed by atoms with Gasteiger partial charge in [-0.2, -0.15) is 0 Å². The number of carbonyl (C=O) groups is 2. The minimum atomic E-state index is -0.471. The molecule has 2 aromatic carbocycles. The van der Waals surface area contributed by atoms with Crippen molar-refractivity contribution >= 4 is 46.5 Å². The molecular formula is C22H16Cl2N6O2. The second-order valence-electron chi connectivity index (χ2n) is 6.76. The van der Waals surface area contributed by atoms with E-state index in [9.17, 15) is 9.59 Å². The van der Waals surface area contributed by atoms with Crippen molar-refractivity contribution in [3.63, 3.8) is 0 Å². The van der Waals surface area contributed by atoms with Gasteiger partial charge in [0.2, 0.25) is 0 Å². The zero-order chi connectivity index (χ0) is 22.5. The highest BCUT2D eigenvalue weighted by atomic mass is 35.5. The van der Waals surface area contributed by atoms with E-state index in [4.69, 9.17) is 23.2 Å². The number of anilines is 2. The monoisotopic (exact) mass is 466 g/mol. The van der Waals surface area contributed by atoms with E-state index in [-0.39, 0.29) is 11.5 Å². The summed E-state index contributed by atoms with van der Waals surface area (Å²) < 4.78 is 1.68. The van der Waals surface area contributed by atoms with Gasteiger partial charge in [0.05, 0.1) is 29.0 Å². The Morgan fingerprint density at radius 2 is 1.69 bits per heavy atom. The lowest BCUT2D eigenvalue weighted by molar-refractivity contribution is 0.102. The molecule has 4 rings (SSSR count). The fourth-order valence-corrected chi connectivity index (χ4v) is 3.19. The number of pyridine rings is 1. The smallest absolute Gasteiger partial charge is 0.258 e. The van der Waals surface area contributed by atoms with E-state index in [0.717, 1.165) is 5.56 Å². The van der Waals surface area contributed by atoms with E-state index in [1.54, 1.807) is 53.5 Å².